The number of carbonyl (C=O) groups excluding carboxylic acids is 2. The van der Waals surface area contributed by atoms with E-state index in [9.17, 15) is 19.7 Å². The van der Waals surface area contributed by atoms with Crippen molar-refractivity contribution in [2.75, 3.05) is 11.4 Å². The predicted molar refractivity (Wildman–Crippen MR) is 103 cm³/mol. The maximum absolute atomic E-state index is 12.5. The number of aryl methyl sites for hydroxylation is 1. The predicted octanol–water partition coefficient (Wildman–Crippen LogP) is 2.87. The third-order valence-electron chi connectivity index (χ3n) is 4.15. The average molecular weight is 386 g/mol. The van der Waals surface area contributed by atoms with E-state index in [0.29, 0.717) is 11.4 Å². The molecular weight excluding hydrogens is 368 g/mol. The summed E-state index contributed by atoms with van der Waals surface area (Å²) in [7, 11) is 0. The Morgan fingerprint density at radius 3 is 2.85 bits per heavy atom. The van der Waals surface area contributed by atoms with Gasteiger partial charge in [-0.1, -0.05) is 29.5 Å². The van der Waals surface area contributed by atoms with Gasteiger partial charge in [0.25, 0.3) is 0 Å². The third kappa shape index (κ3) is 4.76. The molecule has 0 fully saturated rings. The summed E-state index contributed by atoms with van der Waals surface area (Å²) in [6.07, 6.45) is 3.33. The summed E-state index contributed by atoms with van der Waals surface area (Å²) in [6.45, 7) is 0.659. The van der Waals surface area contributed by atoms with Crippen LogP contribution >= 0.6 is 11.3 Å². The molecule has 140 valence electrons. The lowest BCUT2D eigenvalue weighted by molar-refractivity contribution is -0.380. The van der Waals surface area contributed by atoms with Crippen molar-refractivity contribution in [2.24, 2.45) is 5.10 Å². The topological polar surface area (TPSA) is 105 Å². The Labute approximate surface area is 159 Å². The fourth-order valence-corrected chi connectivity index (χ4v) is 3.58. The standard InChI is InChI=1S/C18H18N4O4S/c23-16(20-19-12-14-7-10-18(27-14)22(25)26)8-9-17(24)21-11-3-5-13-4-1-2-6-15(13)21/h1-2,4,6-7,10,12H,3,5,8-9,11H2,(H,20,23)/b19-12+. The summed E-state index contributed by atoms with van der Waals surface area (Å²) in [5.41, 5.74) is 4.42. The number of hydrogen-bond donors (Lipinski definition) is 1. The first-order valence-electron chi connectivity index (χ1n) is 8.49. The first-order valence-corrected chi connectivity index (χ1v) is 9.30. The SMILES string of the molecule is O=C(CCC(=O)N1CCCc2ccccc21)N/N=C/c1ccc([N+](=O)[O-])s1. The molecule has 0 atom stereocenters. The molecule has 2 heterocycles. The zero-order chi connectivity index (χ0) is 19.2. The smallest absolute Gasteiger partial charge is 0.312 e. The Morgan fingerprint density at radius 1 is 1.26 bits per heavy atom. The second-order valence-corrected chi connectivity index (χ2v) is 7.10. The zero-order valence-electron chi connectivity index (χ0n) is 14.5. The van der Waals surface area contributed by atoms with Crippen molar-refractivity contribution < 1.29 is 14.5 Å². The van der Waals surface area contributed by atoms with Gasteiger partial charge in [-0.3, -0.25) is 19.7 Å². The molecule has 27 heavy (non-hydrogen) atoms. The van der Waals surface area contributed by atoms with Crippen molar-refractivity contribution >= 4 is 40.1 Å². The van der Waals surface area contributed by atoms with Gasteiger partial charge in [0.05, 0.1) is 16.0 Å². The molecule has 0 saturated heterocycles. The van der Waals surface area contributed by atoms with E-state index in [-0.39, 0.29) is 29.7 Å². The summed E-state index contributed by atoms with van der Waals surface area (Å²) in [4.78, 5) is 36.8. The second-order valence-electron chi connectivity index (χ2n) is 6.00. The molecule has 0 spiro atoms. The Kier molecular flexibility index (Phi) is 5.92. The summed E-state index contributed by atoms with van der Waals surface area (Å²) < 4.78 is 0. The molecule has 3 rings (SSSR count). The fourth-order valence-electron chi connectivity index (χ4n) is 2.88. The van der Waals surface area contributed by atoms with Crippen LogP contribution in [0.4, 0.5) is 10.7 Å². The van der Waals surface area contributed by atoms with E-state index in [1.54, 1.807) is 11.0 Å². The van der Waals surface area contributed by atoms with E-state index < -0.39 is 4.92 Å². The van der Waals surface area contributed by atoms with Crippen LogP contribution < -0.4 is 10.3 Å². The van der Waals surface area contributed by atoms with Crippen molar-refractivity contribution in [1.29, 1.82) is 0 Å². The van der Waals surface area contributed by atoms with Crippen LogP contribution in [0.5, 0.6) is 0 Å². The largest absolute Gasteiger partial charge is 0.324 e. The Balaban J connectivity index is 1.48. The molecule has 0 aliphatic carbocycles. The van der Waals surface area contributed by atoms with Crippen molar-refractivity contribution in [3.8, 4) is 0 Å². The van der Waals surface area contributed by atoms with Gasteiger partial charge in [0.2, 0.25) is 11.8 Å². The van der Waals surface area contributed by atoms with Gasteiger partial charge in [-0.25, -0.2) is 5.43 Å². The van der Waals surface area contributed by atoms with Gasteiger partial charge in [-0.2, -0.15) is 5.10 Å². The molecule has 0 unspecified atom stereocenters. The molecule has 1 aliphatic rings. The maximum Gasteiger partial charge on any atom is 0.324 e. The number of thiophene rings is 1. The number of anilines is 1. The Hall–Kier alpha value is -3.07. The summed E-state index contributed by atoms with van der Waals surface area (Å²) in [5.74, 6) is -0.467. The highest BCUT2D eigenvalue weighted by molar-refractivity contribution is 7.16. The number of amides is 2. The van der Waals surface area contributed by atoms with Gasteiger partial charge in [0, 0.05) is 31.1 Å². The van der Waals surface area contributed by atoms with Gasteiger partial charge in [-0.15, -0.1) is 0 Å². The highest BCUT2D eigenvalue weighted by Crippen LogP contribution is 2.27. The molecule has 1 aromatic heterocycles. The van der Waals surface area contributed by atoms with Crippen LogP contribution in [0, 0.1) is 10.1 Å². The normalized spacial score (nSPS) is 13.4. The highest BCUT2D eigenvalue weighted by Gasteiger charge is 2.22. The molecule has 9 heteroatoms. The number of fused-ring (bicyclic) bond motifs is 1. The molecular formula is C18H18N4O4S. The third-order valence-corrected chi connectivity index (χ3v) is 5.12. The minimum Gasteiger partial charge on any atom is -0.312 e. The lowest BCUT2D eigenvalue weighted by Gasteiger charge is -2.29. The number of nitro groups is 1. The summed E-state index contributed by atoms with van der Waals surface area (Å²) >= 11 is 0.963. The number of hydrogen-bond acceptors (Lipinski definition) is 6. The summed E-state index contributed by atoms with van der Waals surface area (Å²) in [5, 5.41) is 14.4. The van der Waals surface area contributed by atoms with E-state index in [1.165, 1.54) is 12.3 Å². The minimum absolute atomic E-state index is 0.00943. The van der Waals surface area contributed by atoms with Crippen LogP contribution in [-0.4, -0.2) is 29.5 Å². The second kappa shape index (κ2) is 8.54. The van der Waals surface area contributed by atoms with Crippen molar-refractivity contribution in [2.45, 2.75) is 25.7 Å². The maximum atomic E-state index is 12.5. The van der Waals surface area contributed by atoms with E-state index in [1.807, 2.05) is 24.3 Å². The summed E-state index contributed by atoms with van der Waals surface area (Å²) in [6, 6.07) is 10.7. The number of hydrazone groups is 1. The first kappa shape index (κ1) is 18.7. The van der Waals surface area contributed by atoms with Crippen LogP contribution in [0.2, 0.25) is 0 Å². The van der Waals surface area contributed by atoms with E-state index in [0.717, 1.165) is 35.4 Å². The lowest BCUT2D eigenvalue weighted by Crippen LogP contribution is -2.36. The van der Waals surface area contributed by atoms with Crippen LogP contribution in [0.1, 0.15) is 29.7 Å². The molecule has 8 nitrogen and oxygen atoms in total. The minimum atomic E-state index is -0.481. The molecule has 1 N–H and O–H groups in total. The number of nitrogens with one attached hydrogen (secondary N) is 1. The van der Waals surface area contributed by atoms with Gasteiger partial charge in [0.15, 0.2) is 0 Å². The van der Waals surface area contributed by atoms with E-state index in [4.69, 9.17) is 0 Å². The van der Waals surface area contributed by atoms with Gasteiger partial charge in [0.1, 0.15) is 0 Å². The van der Waals surface area contributed by atoms with Crippen molar-refractivity contribution in [3.63, 3.8) is 0 Å². The lowest BCUT2D eigenvalue weighted by atomic mass is 10.0. The molecule has 1 aromatic carbocycles. The van der Waals surface area contributed by atoms with E-state index in [2.05, 4.69) is 10.5 Å². The Morgan fingerprint density at radius 2 is 2.07 bits per heavy atom. The van der Waals surface area contributed by atoms with Gasteiger partial charge >= 0.3 is 5.00 Å². The van der Waals surface area contributed by atoms with Gasteiger partial charge in [-0.05, 0) is 30.5 Å². The van der Waals surface area contributed by atoms with Gasteiger partial charge < -0.3 is 4.90 Å². The quantitative estimate of drug-likeness (QED) is 0.468. The van der Waals surface area contributed by atoms with E-state index >= 15 is 0 Å². The number of rotatable bonds is 6. The Bertz CT molecular complexity index is 893. The van der Waals surface area contributed by atoms with Crippen LogP contribution in [0.25, 0.3) is 0 Å². The molecule has 2 amide bonds. The molecule has 0 radical (unpaired) electrons. The average Bonchev–Trinajstić information content (AvgIpc) is 3.15. The monoisotopic (exact) mass is 386 g/mol. The molecule has 0 saturated carbocycles. The number of para-hydroxylation sites is 1. The van der Waals surface area contributed by atoms with Crippen LogP contribution in [0.15, 0.2) is 41.5 Å². The van der Waals surface area contributed by atoms with Crippen molar-refractivity contribution in [1.82, 2.24) is 5.43 Å². The molecule has 0 bridgehead atoms. The van der Waals surface area contributed by atoms with Crippen molar-refractivity contribution in [3.05, 3.63) is 57.0 Å². The number of benzene rings is 1. The van der Waals surface area contributed by atoms with Crippen LogP contribution in [-0.2, 0) is 16.0 Å². The highest BCUT2D eigenvalue weighted by atomic mass is 32.1. The number of nitrogens with zero attached hydrogens (tertiary/aromatic N) is 3. The molecule has 2 aromatic rings. The molecule has 1 aliphatic heterocycles. The first-order chi connectivity index (χ1) is 13.0. The number of carbonyl (C=O) groups is 2. The van der Waals surface area contributed by atoms with Crippen LogP contribution in [0.3, 0.4) is 0 Å². The fraction of sp³-hybridized carbons (Fsp3) is 0.278. The zero-order valence-corrected chi connectivity index (χ0v) is 15.3.